The lowest BCUT2D eigenvalue weighted by Gasteiger charge is -2.26. The van der Waals surface area contributed by atoms with E-state index in [9.17, 15) is 4.79 Å². The molecule has 0 aromatic heterocycles. The summed E-state index contributed by atoms with van der Waals surface area (Å²) in [4.78, 5) is 14.8. The number of nitrogens with zero attached hydrogens (tertiary/aromatic N) is 1. The third-order valence-corrected chi connectivity index (χ3v) is 4.24. The van der Waals surface area contributed by atoms with E-state index in [0.717, 1.165) is 37.2 Å². The van der Waals surface area contributed by atoms with E-state index in [-0.39, 0.29) is 5.91 Å². The highest BCUT2D eigenvalue weighted by Gasteiger charge is 2.34. The zero-order valence-electron chi connectivity index (χ0n) is 12.7. The molecule has 1 aromatic carbocycles. The van der Waals surface area contributed by atoms with Gasteiger partial charge < -0.3 is 15.0 Å². The van der Waals surface area contributed by atoms with Crippen LogP contribution >= 0.6 is 0 Å². The van der Waals surface area contributed by atoms with Crippen LogP contribution in [0.1, 0.15) is 43.0 Å². The van der Waals surface area contributed by atoms with Crippen molar-refractivity contribution < 1.29 is 9.53 Å². The monoisotopic (exact) mass is 288 g/mol. The molecule has 1 saturated carbocycles. The van der Waals surface area contributed by atoms with Crippen LogP contribution in [0.3, 0.4) is 0 Å². The Morgan fingerprint density at radius 1 is 1.29 bits per heavy atom. The lowest BCUT2D eigenvalue weighted by Crippen LogP contribution is -2.42. The molecule has 4 nitrogen and oxygen atoms in total. The van der Waals surface area contributed by atoms with Crippen molar-refractivity contribution in [3.63, 3.8) is 0 Å². The topological polar surface area (TPSA) is 41.6 Å². The van der Waals surface area contributed by atoms with E-state index >= 15 is 0 Å². The van der Waals surface area contributed by atoms with Crippen molar-refractivity contribution in [2.75, 3.05) is 19.7 Å². The molecule has 1 amide bonds. The van der Waals surface area contributed by atoms with Crippen LogP contribution in [0.15, 0.2) is 24.3 Å². The number of benzene rings is 1. The van der Waals surface area contributed by atoms with Gasteiger partial charge in [0, 0.05) is 24.2 Å². The van der Waals surface area contributed by atoms with Crippen molar-refractivity contribution >= 4 is 5.91 Å². The van der Waals surface area contributed by atoms with Crippen molar-refractivity contribution in [1.29, 1.82) is 0 Å². The first-order valence-electron chi connectivity index (χ1n) is 8.05. The molecule has 4 heteroatoms. The summed E-state index contributed by atoms with van der Waals surface area (Å²) in [7, 11) is 0. The van der Waals surface area contributed by atoms with Crippen molar-refractivity contribution in [2.45, 2.75) is 44.7 Å². The third-order valence-electron chi connectivity index (χ3n) is 4.24. The standard InChI is InChI=1S/C17H24N2O2/c1-2-21-16-9-5-13(6-10-16)17(20)19(15-7-8-15)12-14-4-3-11-18-14/h5-6,9-10,14-15,18H,2-4,7-8,11-12H2,1H3. The van der Waals surface area contributed by atoms with E-state index in [2.05, 4.69) is 10.2 Å². The molecule has 1 atom stereocenters. The van der Waals surface area contributed by atoms with Gasteiger partial charge in [-0.2, -0.15) is 0 Å². The van der Waals surface area contributed by atoms with Crippen molar-refractivity contribution in [1.82, 2.24) is 10.2 Å². The minimum Gasteiger partial charge on any atom is -0.494 e. The van der Waals surface area contributed by atoms with Gasteiger partial charge in [-0.15, -0.1) is 0 Å². The molecule has 0 bridgehead atoms. The van der Waals surface area contributed by atoms with Crippen molar-refractivity contribution in [3.8, 4) is 5.75 Å². The molecular weight excluding hydrogens is 264 g/mol. The van der Waals surface area contributed by atoms with Crippen LogP contribution in [-0.4, -0.2) is 42.6 Å². The quantitative estimate of drug-likeness (QED) is 0.874. The largest absolute Gasteiger partial charge is 0.494 e. The fraction of sp³-hybridized carbons (Fsp3) is 0.588. The number of rotatable bonds is 6. The van der Waals surface area contributed by atoms with E-state index in [1.165, 1.54) is 12.8 Å². The summed E-state index contributed by atoms with van der Waals surface area (Å²) >= 11 is 0. The Hall–Kier alpha value is -1.55. The van der Waals surface area contributed by atoms with Crippen LogP contribution < -0.4 is 10.1 Å². The van der Waals surface area contributed by atoms with Gasteiger partial charge in [-0.05, 0) is 63.4 Å². The molecule has 0 spiro atoms. The summed E-state index contributed by atoms with van der Waals surface area (Å²) in [6.07, 6.45) is 4.70. The summed E-state index contributed by atoms with van der Waals surface area (Å²) in [6.45, 7) is 4.54. The molecule has 1 aliphatic carbocycles. The predicted octanol–water partition coefficient (Wildman–Crippen LogP) is 2.44. The lowest BCUT2D eigenvalue weighted by atomic mass is 10.1. The van der Waals surface area contributed by atoms with Gasteiger partial charge in [0.1, 0.15) is 5.75 Å². The van der Waals surface area contributed by atoms with Crippen LogP contribution in [0.4, 0.5) is 0 Å². The summed E-state index contributed by atoms with van der Waals surface area (Å²) in [5.41, 5.74) is 0.767. The van der Waals surface area contributed by atoms with Gasteiger partial charge >= 0.3 is 0 Å². The molecule has 1 unspecified atom stereocenters. The highest BCUT2D eigenvalue weighted by atomic mass is 16.5. The molecule has 1 aliphatic heterocycles. The van der Waals surface area contributed by atoms with Crippen LogP contribution in [0, 0.1) is 0 Å². The Morgan fingerprint density at radius 2 is 2.05 bits per heavy atom. The minimum atomic E-state index is 0.161. The number of nitrogens with one attached hydrogen (secondary N) is 1. The third kappa shape index (κ3) is 3.56. The fourth-order valence-electron chi connectivity index (χ4n) is 2.96. The number of hydrogen-bond acceptors (Lipinski definition) is 3. The number of amides is 1. The van der Waals surface area contributed by atoms with Gasteiger partial charge in [0.15, 0.2) is 0 Å². The first-order chi connectivity index (χ1) is 10.3. The molecule has 2 aliphatic rings. The summed E-state index contributed by atoms with van der Waals surface area (Å²) in [5, 5.41) is 3.49. The summed E-state index contributed by atoms with van der Waals surface area (Å²) in [5.74, 6) is 0.985. The minimum absolute atomic E-state index is 0.161. The predicted molar refractivity (Wildman–Crippen MR) is 82.7 cm³/mol. The van der Waals surface area contributed by atoms with Crippen LogP contribution in [0.2, 0.25) is 0 Å². The second-order valence-electron chi connectivity index (χ2n) is 5.94. The molecule has 1 saturated heterocycles. The maximum Gasteiger partial charge on any atom is 0.254 e. The first kappa shape index (κ1) is 14.4. The van der Waals surface area contributed by atoms with Gasteiger partial charge in [-0.1, -0.05) is 0 Å². The maximum atomic E-state index is 12.7. The zero-order chi connectivity index (χ0) is 14.7. The van der Waals surface area contributed by atoms with Crippen LogP contribution in [0.5, 0.6) is 5.75 Å². The summed E-state index contributed by atoms with van der Waals surface area (Å²) in [6, 6.07) is 8.45. The van der Waals surface area contributed by atoms with E-state index < -0.39 is 0 Å². The fourth-order valence-corrected chi connectivity index (χ4v) is 2.96. The Balaban J connectivity index is 1.67. The van der Waals surface area contributed by atoms with Crippen LogP contribution in [0.25, 0.3) is 0 Å². The molecule has 114 valence electrons. The van der Waals surface area contributed by atoms with E-state index in [0.29, 0.717) is 18.7 Å². The molecule has 2 fully saturated rings. The normalized spacial score (nSPS) is 21.3. The molecule has 1 heterocycles. The Morgan fingerprint density at radius 3 is 2.62 bits per heavy atom. The molecular formula is C17H24N2O2. The highest BCUT2D eigenvalue weighted by Crippen LogP contribution is 2.29. The van der Waals surface area contributed by atoms with Gasteiger partial charge in [0.05, 0.1) is 6.61 Å². The maximum absolute atomic E-state index is 12.7. The SMILES string of the molecule is CCOc1ccc(C(=O)N(CC2CCCN2)C2CC2)cc1. The van der Waals surface area contributed by atoms with E-state index in [4.69, 9.17) is 4.74 Å². The van der Waals surface area contributed by atoms with Gasteiger partial charge in [-0.25, -0.2) is 0 Å². The first-order valence-corrected chi connectivity index (χ1v) is 8.05. The highest BCUT2D eigenvalue weighted by molar-refractivity contribution is 5.94. The van der Waals surface area contributed by atoms with Gasteiger partial charge in [0.25, 0.3) is 5.91 Å². The molecule has 1 aromatic rings. The second-order valence-corrected chi connectivity index (χ2v) is 5.94. The average Bonchev–Trinajstić information content (AvgIpc) is 3.22. The number of ether oxygens (including phenoxy) is 1. The van der Waals surface area contributed by atoms with Gasteiger partial charge in [-0.3, -0.25) is 4.79 Å². The van der Waals surface area contributed by atoms with Gasteiger partial charge in [0.2, 0.25) is 0 Å². The Labute approximate surface area is 126 Å². The molecule has 3 rings (SSSR count). The molecule has 0 radical (unpaired) electrons. The van der Waals surface area contributed by atoms with E-state index in [1.54, 1.807) is 0 Å². The lowest BCUT2D eigenvalue weighted by molar-refractivity contribution is 0.0728. The number of carbonyl (C=O) groups is 1. The van der Waals surface area contributed by atoms with Crippen molar-refractivity contribution in [2.24, 2.45) is 0 Å². The summed E-state index contributed by atoms with van der Waals surface area (Å²) < 4.78 is 5.43. The van der Waals surface area contributed by atoms with Crippen molar-refractivity contribution in [3.05, 3.63) is 29.8 Å². The smallest absolute Gasteiger partial charge is 0.254 e. The number of hydrogen-bond donors (Lipinski definition) is 1. The average molecular weight is 288 g/mol. The number of carbonyl (C=O) groups excluding carboxylic acids is 1. The van der Waals surface area contributed by atoms with Crippen LogP contribution in [-0.2, 0) is 0 Å². The molecule has 21 heavy (non-hydrogen) atoms. The Kier molecular flexibility index (Phi) is 4.44. The Bertz CT molecular complexity index is 476. The zero-order valence-corrected chi connectivity index (χ0v) is 12.7. The second kappa shape index (κ2) is 6.48. The molecule has 1 N–H and O–H groups in total. The van der Waals surface area contributed by atoms with E-state index in [1.807, 2.05) is 31.2 Å².